The Balaban J connectivity index is 1.66. The molecule has 25 heavy (non-hydrogen) atoms. The summed E-state index contributed by atoms with van der Waals surface area (Å²) < 4.78 is 0. The number of hydrogen-bond acceptors (Lipinski definition) is 0. The molecule has 1 aliphatic rings. The van der Waals surface area contributed by atoms with E-state index in [0.29, 0.717) is 5.92 Å². The highest BCUT2D eigenvalue weighted by Crippen LogP contribution is 2.40. The Morgan fingerprint density at radius 2 is 1.36 bits per heavy atom. The third-order valence-electron chi connectivity index (χ3n) is 4.89. The Labute approximate surface area is 150 Å². The van der Waals surface area contributed by atoms with Gasteiger partial charge in [-0.2, -0.15) is 0 Å². The lowest BCUT2D eigenvalue weighted by Gasteiger charge is -2.30. The van der Waals surface area contributed by atoms with E-state index in [2.05, 4.69) is 103 Å². The predicted octanol–water partition coefficient (Wildman–Crippen LogP) is 6.42. The Bertz CT molecular complexity index is 871. The van der Waals surface area contributed by atoms with Gasteiger partial charge in [-0.25, -0.2) is 0 Å². The van der Waals surface area contributed by atoms with Crippen molar-refractivity contribution in [2.24, 2.45) is 5.92 Å². The van der Waals surface area contributed by atoms with Gasteiger partial charge in [0.1, 0.15) is 0 Å². The van der Waals surface area contributed by atoms with Crippen LogP contribution in [0.4, 0.5) is 0 Å². The van der Waals surface area contributed by atoms with E-state index >= 15 is 0 Å². The van der Waals surface area contributed by atoms with Gasteiger partial charge in [-0.1, -0.05) is 97.1 Å². The van der Waals surface area contributed by atoms with Gasteiger partial charge in [-0.15, -0.1) is 0 Å². The van der Waals surface area contributed by atoms with Crippen LogP contribution in [-0.4, -0.2) is 0 Å². The summed E-state index contributed by atoms with van der Waals surface area (Å²) >= 11 is 0. The van der Waals surface area contributed by atoms with Gasteiger partial charge >= 0.3 is 0 Å². The summed E-state index contributed by atoms with van der Waals surface area (Å²) in [5.74, 6) is 0.609. The molecule has 0 saturated carbocycles. The molecule has 0 aliphatic heterocycles. The van der Waals surface area contributed by atoms with Crippen molar-refractivity contribution in [1.82, 2.24) is 0 Å². The summed E-state index contributed by atoms with van der Waals surface area (Å²) in [4.78, 5) is 0. The van der Waals surface area contributed by atoms with E-state index in [4.69, 9.17) is 0 Å². The molecule has 0 heteroatoms. The van der Waals surface area contributed by atoms with Gasteiger partial charge < -0.3 is 0 Å². The zero-order valence-electron chi connectivity index (χ0n) is 14.3. The first-order valence-corrected chi connectivity index (χ1v) is 8.97. The monoisotopic (exact) mass is 322 g/mol. The zero-order valence-corrected chi connectivity index (χ0v) is 14.3. The quantitative estimate of drug-likeness (QED) is 0.476. The molecule has 0 spiro atoms. The van der Waals surface area contributed by atoms with E-state index in [1.165, 1.54) is 34.3 Å². The van der Waals surface area contributed by atoms with Gasteiger partial charge in [-0.3, -0.25) is 0 Å². The summed E-state index contributed by atoms with van der Waals surface area (Å²) in [5, 5.41) is 0. The van der Waals surface area contributed by atoms with Crippen LogP contribution in [0.1, 0.15) is 23.1 Å². The van der Waals surface area contributed by atoms with Crippen LogP contribution in [0.15, 0.2) is 103 Å². The Hall–Kier alpha value is -2.86. The number of rotatable bonds is 5. The van der Waals surface area contributed by atoms with Crippen molar-refractivity contribution < 1.29 is 0 Å². The minimum Gasteiger partial charge on any atom is -0.0798 e. The van der Waals surface area contributed by atoms with Crippen LogP contribution in [0, 0.1) is 5.92 Å². The second kappa shape index (κ2) is 7.36. The molecule has 0 heterocycles. The number of benzene rings is 3. The molecule has 1 unspecified atom stereocenters. The van der Waals surface area contributed by atoms with E-state index in [9.17, 15) is 0 Å². The highest BCUT2D eigenvalue weighted by molar-refractivity contribution is 5.92. The molecule has 1 aliphatic carbocycles. The average Bonchev–Trinajstić information content (AvgIpc) is 2.67. The molecule has 3 aromatic carbocycles. The molecule has 0 amide bonds. The molecule has 1 atom stereocenters. The summed E-state index contributed by atoms with van der Waals surface area (Å²) in [7, 11) is 0. The summed E-state index contributed by atoms with van der Waals surface area (Å²) in [5.41, 5.74) is 6.83. The third-order valence-corrected chi connectivity index (χ3v) is 4.89. The molecule has 0 radical (unpaired) electrons. The van der Waals surface area contributed by atoms with Crippen LogP contribution in [0.2, 0.25) is 0 Å². The topological polar surface area (TPSA) is 0 Å². The summed E-state index contributed by atoms with van der Waals surface area (Å²) in [6.07, 6.45) is 7.02. The first kappa shape index (κ1) is 15.7. The van der Waals surface area contributed by atoms with Crippen LogP contribution < -0.4 is 0 Å². The highest BCUT2D eigenvalue weighted by Gasteiger charge is 2.25. The van der Waals surface area contributed by atoms with Gasteiger partial charge in [0.05, 0.1) is 0 Å². The van der Waals surface area contributed by atoms with Crippen molar-refractivity contribution >= 4 is 11.6 Å². The molecule has 3 aromatic rings. The minimum absolute atomic E-state index is 0.609. The van der Waals surface area contributed by atoms with E-state index < -0.39 is 0 Å². The number of hydrogen-bond donors (Lipinski definition) is 0. The summed E-state index contributed by atoms with van der Waals surface area (Å²) in [6, 6.07) is 32.2. The molecular weight excluding hydrogens is 300 g/mol. The van der Waals surface area contributed by atoms with Crippen LogP contribution in [-0.2, 0) is 6.42 Å². The lowest BCUT2D eigenvalue weighted by molar-refractivity contribution is 0.581. The lowest BCUT2D eigenvalue weighted by atomic mass is 9.74. The SMILES string of the molecule is C(=C(C1=CCC1Cc1ccccc1)c1ccccc1)c1ccccc1. The fraction of sp³-hybridized carbons (Fsp3) is 0.120. The van der Waals surface area contributed by atoms with Gasteiger partial charge in [0.15, 0.2) is 0 Å². The van der Waals surface area contributed by atoms with Gasteiger partial charge in [0, 0.05) is 0 Å². The van der Waals surface area contributed by atoms with Crippen LogP contribution in [0.5, 0.6) is 0 Å². The molecule has 0 nitrogen and oxygen atoms in total. The molecule has 4 rings (SSSR count). The zero-order chi connectivity index (χ0) is 16.9. The van der Waals surface area contributed by atoms with E-state index in [0.717, 1.165) is 6.42 Å². The van der Waals surface area contributed by atoms with Gasteiger partial charge in [0.25, 0.3) is 0 Å². The molecular formula is C25H22. The number of allylic oxidation sites excluding steroid dienone is 3. The van der Waals surface area contributed by atoms with Crippen LogP contribution in [0.3, 0.4) is 0 Å². The smallest absolute Gasteiger partial charge is 0.00837 e. The van der Waals surface area contributed by atoms with Gasteiger partial charge in [0.2, 0.25) is 0 Å². The molecule has 0 saturated heterocycles. The van der Waals surface area contributed by atoms with E-state index in [1.54, 1.807) is 0 Å². The summed E-state index contributed by atoms with van der Waals surface area (Å²) in [6.45, 7) is 0. The Morgan fingerprint density at radius 3 is 1.96 bits per heavy atom. The van der Waals surface area contributed by atoms with E-state index in [-0.39, 0.29) is 0 Å². The fourth-order valence-corrected chi connectivity index (χ4v) is 3.49. The third kappa shape index (κ3) is 3.64. The van der Waals surface area contributed by atoms with Crippen molar-refractivity contribution in [2.45, 2.75) is 12.8 Å². The minimum atomic E-state index is 0.609. The van der Waals surface area contributed by atoms with E-state index in [1.807, 2.05) is 0 Å². The maximum Gasteiger partial charge on any atom is -0.00837 e. The molecule has 0 N–H and O–H groups in total. The van der Waals surface area contributed by atoms with Crippen LogP contribution in [0.25, 0.3) is 11.6 Å². The predicted molar refractivity (Wildman–Crippen MR) is 107 cm³/mol. The maximum atomic E-state index is 2.40. The molecule has 122 valence electrons. The van der Waals surface area contributed by atoms with Crippen molar-refractivity contribution in [3.8, 4) is 0 Å². The normalized spacial score (nSPS) is 16.9. The van der Waals surface area contributed by atoms with Crippen LogP contribution >= 0.6 is 0 Å². The van der Waals surface area contributed by atoms with Crippen molar-refractivity contribution in [3.05, 3.63) is 119 Å². The maximum absolute atomic E-state index is 2.40. The molecule has 0 bridgehead atoms. The van der Waals surface area contributed by atoms with Crippen molar-refractivity contribution in [3.63, 3.8) is 0 Å². The second-order valence-electron chi connectivity index (χ2n) is 6.62. The first-order chi connectivity index (χ1) is 12.4. The molecule has 0 aromatic heterocycles. The second-order valence-corrected chi connectivity index (χ2v) is 6.62. The van der Waals surface area contributed by atoms with Gasteiger partial charge in [-0.05, 0) is 52.7 Å². The fourth-order valence-electron chi connectivity index (χ4n) is 3.49. The van der Waals surface area contributed by atoms with Crippen molar-refractivity contribution in [2.75, 3.05) is 0 Å². The lowest BCUT2D eigenvalue weighted by Crippen LogP contribution is -2.16. The Kier molecular flexibility index (Phi) is 4.61. The molecule has 0 fully saturated rings. The Morgan fingerprint density at radius 1 is 0.760 bits per heavy atom. The standard InChI is InChI=1S/C25H22/c1-4-10-20(11-5-1)18-23-16-17-24(23)25(22-14-8-3-9-15-22)19-21-12-6-2-7-13-21/h1-15,17,19,23H,16,18H2. The average molecular weight is 322 g/mol. The highest BCUT2D eigenvalue weighted by atomic mass is 14.3. The van der Waals surface area contributed by atoms with Crippen molar-refractivity contribution in [1.29, 1.82) is 0 Å². The largest absolute Gasteiger partial charge is 0.0798 e. The first-order valence-electron chi connectivity index (χ1n) is 8.97.